The Bertz CT molecular complexity index is 553. The van der Waals surface area contributed by atoms with Crippen molar-refractivity contribution in [2.75, 3.05) is 0 Å². The highest BCUT2D eigenvalue weighted by molar-refractivity contribution is 9.10. The van der Waals surface area contributed by atoms with Gasteiger partial charge in [-0.1, -0.05) is 28.1 Å². The van der Waals surface area contributed by atoms with Crippen molar-refractivity contribution in [3.05, 3.63) is 62.8 Å². The van der Waals surface area contributed by atoms with Crippen LogP contribution in [0.15, 0.2) is 51.7 Å². The average molecular weight is 370 g/mol. The third kappa shape index (κ3) is 3.40. The second-order valence-corrected chi connectivity index (χ2v) is 6.45. The van der Waals surface area contributed by atoms with Crippen LogP contribution in [-0.2, 0) is 12.0 Å². The molecule has 0 saturated heterocycles. The Labute approximate surface area is 124 Å². The van der Waals surface area contributed by atoms with Gasteiger partial charge in [0.2, 0.25) is 0 Å². The molecule has 0 radical (unpaired) electrons. The van der Waals surface area contributed by atoms with Crippen molar-refractivity contribution < 1.29 is 0 Å². The van der Waals surface area contributed by atoms with Crippen molar-refractivity contribution in [3.63, 3.8) is 0 Å². The first-order valence-corrected chi connectivity index (χ1v) is 7.20. The number of hydrogen-bond donors (Lipinski definition) is 1. The Morgan fingerprint density at radius 1 is 1.17 bits per heavy atom. The van der Waals surface area contributed by atoms with E-state index in [2.05, 4.69) is 55.0 Å². The van der Waals surface area contributed by atoms with Crippen LogP contribution in [0.3, 0.4) is 0 Å². The van der Waals surface area contributed by atoms with Gasteiger partial charge in [0.15, 0.2) is 0 Å². The van der Waals surface area contributed by atoms with Crippen molar-refractivity contribution in [2.24, 2.45) is 5.73 Å². The maximum Gasteiger partial charge on any atom is 0.0422 e. The largest absolute Gasteiger partial charge is 0.321 e. The molecule has 0 aliphatic carbocycles. The highest BCUT2D eigenvalue weighted by Gasteiger charge is 2.22. The first-order chi connectivity index (χ1) is 8.47. The van der Waals surface area contributed by atoms with Gasteiger partial charge in [-0.05, 0) is 58.6 Å². The molecule has 94 valence electrons. The Morgan fingerprint density at radius 3 is 2.61 bits per heavy atom. The molecule has 1 unspecified atom stereocenters. The number of hydrogen-bond acceptors (Lipinski definition) is 2. The minimum absolute atomic E-state index is 0.410. The summed E-state index contributed by atoms with van der Waals surface area (Å²) in [6, 6.07) is 10.2. The summed E-state index contributed by atoms with van der Waals surface area (Å²) in [5.74, 6) is 0. The number of pyridine rings is 1. The van der Waals surface area contributed by atoms with Gasteiger partial charge in [-0.15, -0.1) is 0 Å². The molecule has 2 rings (SSSR count). The number of nitrogens with zero attached hydrogens (tertiary/aromatic N) is 1. The van der Waals surface area contributed by atoms with E-state index in [1.807, 2.05) is 25.3 Å². The lowest BCUT2D eigenvalue weighted by molar-refractivity contribution is 0.490. The fraction of sp³-hybridized carbons (Fsp3) is 0.214. The van der Waals surface area contributed by atoms with E-state index in [0.717, 1.165) is 26.5 Å². The molecule has 4 heteroatoms. The molecule has 1 aromatic heterocycles. The van der Waals surface area contributed by atoms with Crippen LogP contribution in [0.5, 0.6) is 0 Å². The molecule has 2 nitrogen and oxygen atoms in total. The van der Waals surface area contributed by atoms with Crippen LogP contribution in [0.1, 0.15) is 18.1 Å². The van der Waals surface area contributed by atoms with Crippen LogP contribution in [0.2, 0.25) is 0 Å². The standard InChI is InChI=1S/C14H14Br2N2/c1-14(17,11-3-2-4-12(15)6-11)7-10-5-13(16)9-18-8-10/h2-6,8-9H,7,17H2,1H3. The quantitative estimate of drug-likeness (QED) is 0.887. The van der Waals surface area contributed by atoms with Crippen LogP contribution in [0, 0.1) is 0 Å². The normalized spacial score (nSPS) is 14.2. The van der Waals surface area contributed by atoms with Gasteiger partial charge in [-0.25, -0.2) is 0 Å². The van der Waals surface area contributed by atoms with E-state index in [0.29, 0.717) is 0 Å². The molecule has 0 aliphatic rings. The van der Waals surface area contributed by atoms with E-state index >= 15 is 0 Å². The molecule has 0 aliphatic heterocycles. The van der Waals surface area contributed by atoms with Gasteiger partial charge in [0, 0.05) is 26.9 Å². The third-order valence-corrected chi connectivity index (χ3v) is 3.74. The molecule has 1 aromatic carbocycles. The average Bonchev–Trinajstić information content (AvgIpc) is 2.28. The van der Waals surface area contributed by atoms with Crippen LogP contribution in [0.25, 0.3) is 0 Å². The van der Waals surface area contributed by atoms with Crippen LogP contribution >= 0.6 is 31.9 Å². The predicted molar refractivity (Wildman–Crippen MR) is 81.3 cm³/mol. The SMILES string of the molecule is CC(N)(Cc1cncc(Br)c1)c1cccc(Br)c1. The molecule has 0 fully saturated rings. The number of rotatable bonds is 3. The zero-order chi connectivity index (χ0) is 13.2. The minimum Gasteiger partial charge on any atom is -0.321 e. The zero-order valence-corrected chi connectivity index (χ0v) is 13.2. The summed E-state index contributed by atoms with van der Waals surface area (Å²) in [4.78, 5) is 4.17. The molecule has 2 aromatic rings. The second-order valence-electron chi connectivity index (χ2n) is 4.62. The Balaban J connectivity index is 2.26. The molecular formula is C14H14Br2N2. The minimum atomic E-state index is -0.410. The molecule has 0 bridgehead atoms. The lowest BCUT2D eigenvalue weighted by Crippen LogP contribution is -2.35. The maximum atomic E-state index is 6.43. The fourth-order valence-corrected chi connectivity index (χ4v) is 2.73. The molecule has 2 N–H and O–H groups in total. The maximum absolute atomic E-state index is 6.43. The number of aromatic nitrogens is 1. The van der Waals surface area contributed by atoms with E-state index < -0.39 is 5.54 Å². The van der Waals surface area contributed by atoms with E-state index in [9.17, 15) is 0 Å². The highest BCUT2D eigenvalue weighted by atomic mass is 79.9. The summed E-state index contributed by atoms with van der Waals surface area (Å²) in [6.45, 7) is 2.04. The monoisotopic (exact) mass is 368 g/mol. The van der Waals surface area contributed by atoms with Gasteiger partial charge in [0.05, 0.1) is 0 Å². The van der Waals surface area contributed by atoms with Gasteiger partial charge in [-0.2, -0.15) is 0 Å². The van der Waals surface area contributed by atoms with E-state index in [1.54, 1.807) is 6.20 Å². The number of benzene rings is 1. The van der Waals surface area contributed by atoms with Crippen LogP contribution in [0.4, 0.5) is 0 Å². The van der Waals surface area contributed by atoms with E-state index in [-0.39, 0.29) is 0 Å². The molecule has 0 saturated carbocycles. The smallest absolute Gasteiger partial charge is 0.0422 e. The third-order valence-electron chi connectivity index (χ3n) is 2.82. The predicted octanol–water partition coefficient (Wildman–Crippen LogP) is 4.02. The second kappa shape index (κ2) is 5.51. The lowest BCUT2D eigenvalue weighted by Gasteiger charge is -2.25. The van der Waals surface area contributed by atoms with Crippen molar-refractivity contribution in [1.29, 1.82) is 0 Å². The highest BCUT2D eigenvalue weighted by Crippen LogP contribution is 2.25. The summed E-state index contributed by atoms with van der Waals surface area (Å²) in [5.41, 5.74) is 8.24. The molecule has 1 heterocycles. The first-order valence-electron chi connectivity index (χ1n) is 5.62. The van der Waals surface area contributed by atoms with Crippen LogP contribution in [-0.4, -0.2) is 4.98 Å². The summed E-state index contributed by atoms with van der Waals surface area (Å²) < 4.78 is 2.02. The first kappa shape index (κ1) is 13.7. The number of nitrogens with two attached hydrogens (primary N) is 1. The summed E-state index contributed by atoms with van der Waals surface area (Å²) in [5, 5.41) is 0. The van der Waals surface area contributed by atoms with E-state index in [1.165, 1.54) is 0 Å². The van der Waals surface area contributed by atoms with Crippen molar-refractivity contribution >= 4 is 31.9 Å². The summed E-state index contributed by atoms with van der Waals surface area (Å²) in [7, 11) is 0. The number of halogens is 2. The van der Waals surface area contributed by atoms with Gasteiger partial charge < -0.3 is 5.73 Å². The lowest BCUT2D eigenvalue weighted by atomic mass is 9.87. The molecule has 0 spiro atoms. The summed E-state index contributed by atoms with van der Waals surface area (Å²) >= 11 is 6.90. The van der Waals surface area contributed by atoms with Gasteiger partial charge in [0.25, 0.3) is 0 Å². The van der Waals surface area contributed by atoms with Gasteiger partial charge >= 0.3 is 0 Å². The van der Waals surface area contributed by atoms with Gasteiger partial charge in [-0.3, -0.25) is 4.98 Å². The van der Waals surface area contributed by atoms with Crippen molar-refractivity contribution in [1.82, 2.24) is 4.98 Å². The molecule has 1 atom stereocenters. The molecule has 0 amide bonds. The Hall–Kier alpha value is -0.710. The van der Waals surface area contributed by atoms with Crippen molar-refractivity contribution in [3.8, 4) is 0 Å². The molecule has 18 heavy (non-hydrogen) atoms. The van der Waals surface area contributed by atoms with Crippen molar-refractivity contribution in [2.45, 2.75) is 18.9 Å². The Kier molecular flexibility index (Phi) is 4.20. The fourth-order valence-electron chi connectivity index (χ4n) is 1.92. The Morgan fingerprint density at radius 2 is 1.94 bits per heavy atom. The molecular weight excluding hydrogens is 356 g/mol. The van der Waals surface area contributed by atoms with Gasteiger partial charge in [0.1, 0.15) is 0 Å². The van der Waals surface area contributed by atoms with Crippen LogP contribution < -0.4 is 5.73 Å². The topological polar surface area (TPSA) is 38.9 Å². The van der Waals surface area contributed by atoms with E-state index in [4.69, 9.17) is 5.73 Å². The summed E-state index contributed by atoms with van der Waals surface area (Å²) in [6.07, 6.45) is 4.38. The zero-order valence-electron chi connectivity index (χ0n) is 10.0.